The molecule has 3 N–H and O–H groups in total. The van der Waals surface area contributed by atoms with Gasteiger partial charge in [-0.25, -0.2) is 0 Å². The van der Waals surface area contributed by atoms with Crippen LogP contribution in [0.1, 0.15) is 22.5 Å². The second kappa shape index (κ2) is 6.10. The third-order valence-electron chi connectivity index (χ3n) is 1.79. The minimum atomic E-state index is -0.539. The van der Waals surface area contributed by atoms with Crippen molar-refractivity contribution in [3.05, 3.63) is 29.6 Å². The number of carbonyl (C=O) groups is 1. The number of carbonyl (C=O) groups excluding carboxylic acids is 1. The van der Waals surface area contributed by atoms with Crippen LogP contribution in [0.15, 0.2) is 18.3 Å². The molecule has 0 aliphatic carbocycles. The Balaban J connectivity index is 2.39. The maximum absolute atomic E-state index is 10.7. The molecule has 1 aromatic heterocycles. The molecule has 0 saturated carbocycles. The second-order valence-electron chi connectivity index (χ2n) is 3.05. The summed E-state index contributed by atoms with van der Waals surface area (Å²) in [6, 6.07) is 3.30. The minimum Gasteiger partial charge on any atom is -0.396 e. The van der Waals surface area contributed by atoms with Crippen molar-refractivity contribution in [2.24, 2.45) is 5.73 Å². The maximum atomic E-state index is 10.7. The van der Waals surface area contributed by atoms with Crippen LogP contribution >= 0.6 is 0 Å². The van der Waals surface area contributed by atoms with E-state index < -0.39 is 5.91 Å². The fraction of sp³-hybridized carbons (Fsp3) is 0.400. The molecule has 82 valence electrons. The first-order chi connectivity index (χ1) is 7.24. The van der Waals surface area contributed by atoms with Crippen LogP contribution in [-0.4, -0.2) is 29.2 Å². The summed E-state index contributed by atoms with van der Waals surface area (Å²) in [7, 11) is 0. The number of pyridine rings is 1. The average Bonchev–Trinajstić information content (AvgIpc) is 2.25. The summed E-state index contributed by atoms with van der Waals surface area (Å²) in [4.78, 5) is 14.6. The molecule has 1 aromatic rings. The highest BCUT2D eigenvalue weighted by Gasteiger charge is 2.01. The molecule has 0 saturated heterocycles. The number of aliphatic hydroxyl groups is 1. The standard InChI is InChI=1S/C10H14N2O3/c11-10(14)9-3-2-8(6-12-9)7-15-5-1-4-13/h2-3,6,13H,1,4-5,7H2,(H2,11,14). The molecule has 15 heavy (non-hydrogen) atoms. The number of nitrogens with zero attached hydrogens (tertiary/aromatic N) is 1. The quantitative estimate of drug-likeness (QED) is 0.651. The minimum absolute atomic E-state index is 0.124. The lowest BCUT2D eigenvalue weighted by Gasteiger charge is -2.03. The molecule has 1 amide bonds. The van der Waals surface area contributed by atoms with Gasteiger partial charge in [-0.15, -0.1) is 0 Å². The number of amides is 1. The van der Waals surface area contributed by atoms with Crippen molar-refractivity contribution in [1.29, 1.82) is 0 Å². The topological polar surface area (TPSA) is 85.4 Å². The Morgan fingerprint density at radius 3 is 2.87 bits per heavy atom. The first-order valence-corrected chi connectivity index (χ1v) is 4.67. The highest BCUT2D eigenvalue weighted by atomic mass is 16.5. The Hall–Kier alpha value is -1.46. The summed E-state index contributed by atoms with van der Waals surface area (Å²) in [5, 5.41) is 8.52. The van der Waals surface area contributed by atoms with E-state index in [-0.39, 0.29) is 12.3 Å². The van der Waals surface area contributed by atoms with Gasteiger partial charge in [-0.1, -0.05) is 6.07 Å². The van der Waals surface area contributed by atoms with Gasteiger partial charge in [-0.3, -0.25) is 9.78 Å². The molecule has 0 radical (unpaired) electrons. The van der Waals surface area contributed by atoms with Gasteiger partial charge in [-0.2, -0.15) is 0 Å². The Kier molecular flexibility index (Phi) is 4.73. The lowest BCUT2D eigenvalue weighted by Crippen LogP contribution is -2.12. The van der Waals surface area contributed by atoms with Crippen molar-refractivity contribution in [3.8, 4) is 0 Å². The highest BCUT2D eigenvalue weighted by Crippen LogP contribution is 2.01. The average molecular weight is 210 g/mol. The highest BCUT2D eigenvalue weighted by molar-refractivity contribution is 5.90. The molecule has 0 unspecified atom stereocenters. The van der Waals surface area contributed by atoms with Gasteiger partial charge in [0.1, 0.15) is 5.69 Å². The number of nitrogens with two attached hydrogens (primary N) is 1. The maximum Gasteiger partial charge on any atom is 0.267 e. The predicted octanol–water partition coefficient (Wildman–Crippen LogP) is 0.0795. The number of aliphatic hydroxyl groups excluding tert-OH is 1. The summed E-state index contributed by atoms with van der Waals surface area (Å²) in [6.07, 6.45) is 2.17. The molecule has 1 rings (SSSR count). The SMILES string of the molecule is NC(=O)c1ccc(COCCCO)cn1. The molecule has 0 spiro atoms. The number of hydrogen-bond donors (Lipinski definition) is 2. The van der Waals surface area contributed by atoms with Gasteiger partial charge in [-0.05, 0) is 18.1 Å². The Bertz CT molecular complexity index is 311. The van der Waals surface area contributed by atoms with Gasteiger partial charge < -0.3 is 15.6 Å². The van der Waals surface area contributed by atoms with E-state index in [9.17, 15) is 4.79 Å². The summed E-state index contributed by atoms with van der Waals surface area (Å²) < 4.78 is 5.24. The van der Waals surface area contributed by atoms with Crippen molar-refractivity contribution < 1.29 is 14.6 Å². The zero-order chi connectivity index (χ0) is 11.1. The van der Waals surface area contributed by atoms with Crippen molar-refractivity contribution in [2.45, 2.75) is 13.0 Å². The summed E-state index contributed by atoms with van der Waals surface area (Å²) >= 11 is 0. The van der Waals surface area contributed by atoms with Crippen LogP contribution in [-0.2, 0) is 11.3 Å². The molecule has 5 nitrogen and oxygen atoms in total. The van der Waals surface area contributed by atoms with Crippen LogP contribution in [0.2, 0.25) is 0 Å². The van der Waals surface area contributed by atoms with Crippen LogP contribution in [0.4, 0.5) is 0 Å². The van der Waals surface area contributed by atoms with E-state index in [1.807, 2.05) is 0 Å². The van der Waals surface area contributed by atoms with Gasteiger partial charge in [0.25, 0.3) is 5.91 Å². The monoisotopic (exact) mass is 210 g/mol. The number of rotatable bonds is 6. The molecule has 0 bridgehead atoms. The predicted molar refractivity (Wildman–Crippen MR) is 54.1 cm³/mol. The smallest absolute Gasteiger partial charge is 0.267 e. The largest absolute Gasteiger partial charge is 0.396 e. The summed E-state index contributed by atoms with van der Waals surface area (Å²) in [5.41, 5.74) is 6.16. The molecule has 0 aliphatic rings. The van der Waals surface area contributed by atoms with Crippen molar-refractivity contribution in [2.75, 3.05) is 13.2 Å². The van der Waals surface area contributed by atoms with E-state index >= 15 is 0 Å². The van der Waals surface area contributed by atoms with Crippen LogP contribution < -0.4 is 5.73 Å². The molecule has 0 fully saturated rings. The lowest BCUT2D eigenvalue weighted by atomic mass is 10.2. The normalized spacial score (nSPS) is 10.2. The van der Waals surface area contributed by atoms with E-state index in [4.69, 9.17) is 15.6 Å². The van der Waals surface area contributed by atoms with Gasteiger partial charge in [0.05, 0.1) is 6.61 Å². The van der Waals surface area contributed by atoms with Crippen molar-refractivity contribution in [1.82, 2.24) is 4.98 Å². The van der Waals surface area contributed by atoms with E-state index in [0.29, 0.717) is 19.6 Å². The van der Waals surface area contributed by atoms with Gasteiger partial charge >= 0.3 is 0 Å². The number of ether oxygens (including phenoxy) is 1. The first-order valence-electron chi connectivity index (χ1n) is 4.67. The Labute approximate surface area is 87.9 Å². The van der Waals surface area contributed by atoms with Crippen molar-refractivity contribution in [3.63, 3.8) is 0 Å². The Morgan fingerprint density at radius 1 is 1.53 bits per heavy atom. The van der Waals surface area contributed by atoms with Gasteiger partial charge in [0, 0.05) is 19.4 Å². The van der Waals surface area contributed by atoms with E-state index in [0.717, 1.165) is 5.56 Å². The molecular weight excluding hydrogens is 196 g/mol. The van der Waals surface area contributed by atoms with E-state index in [1.54, 1.807) is 18.3 Å². The second-order valence-corrected chi connectivity index (χ2v) is 3.05. The van der Waals surface area contributed by atoms with Crippen LogP contribution in [0.5, 0.6) is 0 Å². The van der Waals surface area contributed by atoms with Gasteiger partial charge in [0.15, 0.2) is 0 Å². The number of primary amides is 1. The van der Waals surface area contributed by atoms with E-state index in [2.05, 4.69) is 4.98 Å². The molecule has 0 atom stereocenters. The zero-order valence-corrected chi connectivity index (χ0v) is 8.35. The molecule has 5 heteroatoms. The van der Waals surface area contributed by atoms with Crippen LogP contribution in [0.25, 0.3) is 0 Å². The summed E-state index contributed by atoms with van der Waals surface area (Å²) in [6.45, 7) is 1.05. The molecule has 0 aromatic carbocycles. The molecule has 0 aliphatic heterocycles. The fourth-order valence-corrected chi connectivity index (χ4v) is 1.01. The van der Waals surface area contributed by atoms with Crippen LogP contribution in [0, 0.1) is 0 Å². The first kappa shape index (κ1) is 11.6. The zero-order valence-electron chi connectivity index (χ0n) is 8.35. The molecule has 1 heterocycles. The van der Waals surface area contributed by atoms with E-state index in [1.165, 1.54) is 0 Å². The fourth-order valence-electron chi connectivity index (χ4n) is 1.01. The Morgan fingerprint density at radius 2 is 2.33 bits per heavy atom. The van der Waals surface area contributed by atoms with Gasteiger partial charge in [0.2, 0.25) is 0 Å². The third kappa shape index (κ3) is 4.05. The third-order valence-corrected chi connectivity index (χ3v) is 1.79. The van der Waals surface area contributed by atoms with Crippen molar-refractivity contribution >= 4 is 5.91 Å². The molecular formula is C10H14N2O3. The number of hydrogen-bond acceptors (Lipinski definition) is 4. The summed E-state index contributed by atoms with van der Waals surface area (Å²) in [5.74, 6) is -0.539. The van der Waals surface area contributed by atoms with Crippen LogP contribution in [0.3, 0.4) is 0 Å². The lowest BCUT2D eigenvalue weighted by molar-refractivity contribution is 0.0991. The number of aromatic nitrogens is 1.